The van der Waals surface area contributed by atoms with Gasteiger partial charge in [-0.05, 0) is 83.2 Å². The van der Waals surface area contributed by atoms with Gasteiger partial charge in [-0.15, -0.1) is 12.4 Å². The molecule has 1 unspecified atom stereocenters. The Morgan fingerprint density at radius 1 is 0.692 bits per heavy atom. The second kappa shape index (κ2) is 14.4. The quantitative estimate of drug-likeness (QED) is 0.145. The fourth-order valence-electron chi connectivity index (χ4n) is 3.70. The van der Waals surface area contributed by atoms with E-state index in [1.807, 2.05) is 6.07 Å². The molecule has 0 saturated heterocycles. The summed E-state index contributed by atoms with van der Waals surface area (Å²) in [6, 6.07) is 15.0. The summed E-state index contributed by atoms with van der Waals surface area (Å²) in [4.78, 5) is 0. The summed E-state index contributed by atoms with van der Waals surface area (Å²) in [5, 5.41) is 13.9. The maximum atomic E-state index is 12.8. The van der Waals surface area contributed by atoms with Crippen LogP contribution in [0.4, 0.5) is 26.3 Å². The zero-order chi connectivity index (χ0) is 27.8. The van der Waals surface area contributed by atoms with Crippen molar-refractivity contribution in [3.05, 3.63) is 106 Å². The fourth-order valence-corrected chi connectivity index (χ4v) is 3.70. The first-order valence-corrected chi connectivity index (χ1v) is 12.2. The van der Waals surface area contributed by atoms with Gasteiger partial charge in [0.15, 0.2) is 0 Å². The SMILES string of the molecule is CCCCNCC(O)c1cc(/C=C/c2ccc(C(F)(F)F)cc2)cc(/C=C/c2ccc(C(F)(F)F)cc2)c1.Cl. The van der Waals surface area contributed by atoms with Crippen molar-refractivity contribution in [2.24, 2.45) is 0 Å². The zero-order valence-electron chi connectivity index (χ0n) is 21.2. The second-order valence-corrected chi connectivity index (χ2v) is 8.91. The predicted molar refractivity (Wildman–Crippen MR) is 147 cm³/mol. The Kier molecular flexibility index (Phi) is 11.8. The average molecular weight is 570 g/mol. The van der Waals surface area contributed by atoms with E-state index in [4.69, 9.17) is 0 Å². The van der Waals surface area contributed by atoms with E-state index < -0.39 is 29.6 Å². The highest BCUT2D eigenvalue weighted by atomic mass is 35.5. The minimum atomic E-state index is -4.41. The molecule has 0 amide bonds. The zero-order valence-corrected chi connectivity index (χ0v) is 22.0. The highest BCUT2D eigenvalue weighted by Crippen LogP contribution is 2.30. The standard InChI is InChI=1S/C30H29F6NO.ClH/c1-2-3-16-37-20-28(38)25-18-23(6-4-21-8-12-26(13-9-21)29(31,32)33)17-24(19-25)7-5-22-10-14-27(15-11-22)30(34,35)36;/h4-15,17-19,28,37-38H,2-3,16,20H2,1H3;1H/b6-4+,7-5+;. The van der Waals surface area contributed by atoms with Gasteiger partial charge in [0.05, 0.1) is 17.2 Å². The molecule has 3 rings (SSSR count). The number of halogens is 7. The molecule has 0 saturated carbocycles. The van der Waals surface area contributed by atoms with Gasteiger partial charge in [0.1, 0.15) is 0 Å². The van der Waals surface area contributed by atoms with E-state index in [2.05, 4.69) is 12.2 Å². The number of unbranched alkanes of at least 4 members (excludes halogenated alkanes) is 1. The van der Waals surface area contributed by atoms with Gasteiger partial charge in [-0.1, -0.05) is 61.9 Å². The Balaban J connectivity index is 0.00000533. The molecule has 2 nitrogen and oxygen atoms in total. The van der Waals surface area contributed by atoms with E-state index >= 15 is 0 Å². The molecule has 210 valence electrons. The van der Waals surface area contributed by atoms with E-state index in [9.17, 15) is 31.4 Å². The van der Waals surface area contributed by atoms with Crippen molar-refractivity contribution in [3.8, 4) is 0 Å². The molecule has 0 aliphatic carbocycles. The van der Waals surface area contributed by atoms with Crippen molar-refractivity contribution in [2.45, 2.75) is 38.2 Å². The Morgan fingerprint density at radius 2 is 1.10 bits per heavy atom. The van der Waals surface area contributed by atoms with Crippen molar-refractivity contribution in [2.75, 3.05) is 13.1 Å². The maximum absolute atomic E-state index is 12.8. The summed E-state index contributed by atoms with van der Waals surface area (Å²) in [7, 11) is 0. The van der Waals surface area contributed by atoms with E-state index in [0.29, 0.717) is 34.4 Å². The molecule has 2 N–H and O–H groups in total. The van der Waals surface area contributed by atoms with Crippen molar-refractivity contribution in [3.63, 3.8) is 0 Å². The summed E-state index contributed by atoms with van der Waals surface area (Å²) >= 11 is 0. The summed E-state index contributed by atoms with van der Waals surface area (Å²) in [6.07, 6.45) is -0.806. The van der Waals surface area contributed by atoms with Crippen LogP contribution in [-0.4, -0.2) is 18.2 Å². The molecule has 3 aromatic carbocycles. The van der Waals surface area contributed by atoms with E-state index in [1.165, 1.54) is 24.3 Å². The van der Waals surface area contributed by atoms with E-state index in [-0.39, 0.29) is 12.4 Å². The van der Waals surface area contributed by atoms with Gasteiger partial charge in [0.25, 0.3) is 0 Å². The first kappa shape index (κ1) is 32.1. The van der Waals surface area contributed by atoms with E-state index in [1.54, 1.807) is 36.4 Å². The Labute approximate surface area is 230 Å². The summed E-state index contributed by atoms with van der Waals surface area (Å²) < 4.78 is 77.0. The number of hydrogen-bond donors (Lipinski definition) is 2. The largest absolute Gasteiger partial charge is 0.416 e. The normalized spacial score (nSPS) is 13.1. The molecule has 3 aromatic rings. The van der Waals surface area contributed by atoms with Gasteiger partial charge in [-0.3, -0.25) is 0 Å². The van der Waals surface area contributed by atoms with Crippen LogP contribution in [0.3, 0.4) is 0 Å². The van der Waals surface area contributed by atoms with Crippen molar-refractivity contribution < 1.29 is 31.4 Å². The van der Waals surface area contributed by atoms with Crippen LogP contribution in [-0.2, 0) is 12.4 Å². The molecule has 39 heavy (non-hydrogen) atoms. The van der Waals surface area contributed by atoms with Crippen LogP contribution in [0.1, 0.15) is 64.8 Å². The molecule has 0 aliphatic heterocycles. The summed E-state index contributed by atoms with van der Waals surface area (Å²) in [5.41, 5.74) is 1.75. The van der Waals surface area contributed by atoms with Gasteiger partial charge >= 0.3 is 12.4 Å². The van der Waals surface area contributed by atoms with Gasteiger partial charge in [-0.25, -0.2) is 0 Å². The third kappa shape index (κ3) is 10.2. The third-order valence-corrected chi connectivity index (χ3v) is 5.84. The average Bonchev–Trinajstić information content (AvgIpc) is 2.88. The smallest absolute Gasteiger partial charge is 0.387 e. The number of rotatable bonds is 10. The van der Waals surface area contributed by atoms with Crippen LogP contribution >= 0.6 is 12.4 Å². The van der Waals surface area contributed by atoms with Gasteiger partial charge in [0.2, 0.25) is 0 Å². The predicted octanol–water partition coefficient (Wildman–Crippen LogP) is 8.91. The van der Waals surface area contributed by atoms with Crippen LogP contribution < -0.4 is 5.32 Å². The van der Waals surface area contributed by atoms with Crippen LogP contribution in [0.25, 0.3) is 24.3 Å². The molecule has 0 spiro atoms. The number of aliphatic hydroxyl groups is 1. The molecular weight excluding hydrogens is 540 g/mol. The van der Waals surface area contributed by atoms with E-state index in [0.717, 1.165) is 43.7 Å². The first-order valence-electron chi connectivity index (χ1n) is 12.2. The Hall–Kier alpha value is -3.07. The minimum absolute atomic E-state index is 0. The lowest BCUT2D eigenvalue weighted by molar-refractivity contribution is -0.138. The lowest BCUT2D eigenvalue weighted by atomic mass is 9.99. The molecule has 1 atom stereocenters. The summed E-state index contributed by atoms with van der Waals surface area (Å²) in [6.45, 7) is 3.18. The van der Waals surface area contributed by atoms with Gasteiger partial charge in [-0.2, -0.15) is 26.3 Å². The molecule has 9 heteroatoms. The fraction of sp³-hybridized carbons (Fsp3) is 0.267. The first-order chi connectivity index (χ1) is 18.0. The number of aliphatic hydroxyl groups excluding tert-OH is 1. The van der Waals surface area contributed by atoms with Crippen molar-refractivity contribution in [1.82, 2.24) is 5.32 Å². The second-order valence-electron chi connectivity index (χ2n) is 8.91. The third-order valence-electron chi connectivity index (χ3n) is 5.84. The van der Waals surface area contributed by atoms with Crippen LogP contribution in [0.5, 0.6) is 0 Å². The Morgan fingerprint density at radius 3 is 1.49 bits per heavy atom. The van der Waals surface area contributed by atoms with Crippen molar-refractivity contribution in [1.29, 1.82) is 0 Å². The minimum Gasteiger partial charge on any atom is -0.387 e. The Bertz CT molecular complexity index is 1150. The van der Waals surface area contributed by atoms with Crippen LogP contribution in [0, 0.1) is 0 Å². The highest BCUT2D eigenvalue weighted by Gasteiger charge is 2.30. The lowest BCUT2D eigenvalue weighted by Crippen LogP contribution is -2.22. The number of nitrogens with one attached hydrogen (secondary N) is 1. The van der Waals surface area contributed by atoms with Crippen LogP contribution in [0.15, 0.2) is 66.7 Å². The van der Waals surface area contributed by atoms with Gasteiger partial charge in [0, 0.05) is 6.54 Å². The highest BCUT2D eigenvalue weighted by molar-refractivity contribution is 5.85. The molecular formula is C30H30ClF6NO. The monoisotopic (exact) mass is 569 g/mol. The maximum Gasteiger partial charge on any atom is 0.416 e. The molecule has 0 heterocycles. The number of alkyl halides is 6. The molecule has 0 bridgehead atoms. The molecule has 0 fully saturated rings. The number of hydrogen-bond acceptors (Lipinski definition) is 2. The molecule has 0 aromatic heterocycles. The number of benzene rings is 3. The molecule has 0 aliphatic rings. The lowest BCUT2D eigenvalue weighted by Gasteiger charge is -2.14. The van der Waals surface area contributed by atoms with Gasteiger partial charge < -0.3 is 10.4 Å². The van der Waals surface area contributed by atoms with Crippen molar-refractivity contribution >= 4 is 36.7 Å². The topological polar surface area (TPSA) is 32.3 Å². The molecule has 0 radical (unpaired) electrons. The van der Waals surface area contributed by atoms with Crippen LogP contribution in [0.2, 0.25) is 0 Å². The summed E-state index contributed by atoms with van der Waals surface area (Å²) in [5.74, 6) is 0.